The monoisotopic (exact) mass is 304 g/mol. The van der Waals surface area contributed by atoms with Crippen LogP contribution in [0.25, 0.3) is 0 Å². The van der Waals surface area contributed by atoms with Crippen molar-refractivity contribution in [2.24, 2.45) is 0 Å². The van der Waals surface area contributed by atoms with Crippen molar-refractivity contribution in [3.63, 3.8) is 0 Å². The molecule has 0 spiro atoms. The van der Waals surface area contributed by atoms with Crippen LogP contribution in [0, 0.1) is 0 Å². The lowest BCUT2D eigenvalue weighted by molar-refractivity contribution is -0.116. The number of rotatable bonds is 11. The number of hydrogen-bond acceptors (Lipinski definition) is 3. The van der Waals surface area contributed by atoms with E-state index in [1.807, 2.05) is 6.07 Å². The molecule has 0 unspecified atom stereocenters. The van der Waals surface area contributed by atoms with E-state index in [9.17, 15) is 14.7 Å². The van der Waals surface area contributed by atoms with Gasteiger partial charge in [0.2, 0.25) is 0 Å². The van der Waals surface area contributed by atoms with Crippen LogP contribution in [0.5, 0.6) is 5.75 Å². The molecule has 0 saturated carbocycles. The Balaban J connectivity index is 2.44. The van der Waals surface area contributed by atoms with Crippen LogP contribution < -0.4 is 0 Å². The van der Waals surface area contributed by atoms with Gasteiger partial charge in [0.25, 0.3) is 0 Å². The van der Waals surface area contributed by atoms with Gasteiger partial charge in [0, 0.05) is 0 Å². The Morgan fingerprint density at radius 3 is 2.27 bits per heavy atom. The molecule has 0 aliphatic rings. The van der Waals surface area contributed by atoms with Crippen LogP contribution in [0.2, 0.25) is 0 Å². The van der Waals surface area contributed by atoms with Crippen LogP contribution in [0.1, 0.15) is 81.1 Å². The fourth-order valence-corrected chi connectivity index (χ4v) is 2.57. The highest BCUT2D eigenvalue weighted by Crippen LogP contribution is 2.21. The maximum absolute atomic E-state index is 11.9. The van der Waals surface area contributed by atoms with Crippen LogP contribution >= 0.6 is 0 Å². The zero-order valence-corrected chi connectivity index (χ0v) is 13.9. The first kappa shape index (κ1) is 18.4. The van der Waals surface area contributed by atoms with E-state index in [-0.39, 0.29) is 29.3 Å². The molecule has 22 heavy (non-hydrogen) atoms. The quantitative estimate of drug-likeness (QED) is 0.361. The third kappa shape index (κ3) is 6.88. The van der Waals surface area contributed by atoms with Crippen molar-refractivity contribution < 1.29 is 14.7 Å². The summed E-state index contributed by atoms with van der Waals surface area (Å²) in [4.78, 5) is 23.0. The van der Waals surface area contributed by atoms with Crippen molar-refractivity contribution in [3.05, 3.63) is 29.3 Å². The summed E-state index contributed by atoms with van der Waals surface area (Å²) in [6, 6.07) is 5.15. The molecule has 0 amide bonds. The molecule has 0 radical (unpaired) electrons. The van der Waals surface area contributed by atoms with Gasteiger partial charge < -0.3 is 5.11 Å². The molecular formula is C19H28O3. The Kier molecular flexibility index (Phi) is 8.49. The highest BCUT2D eigenvalue weighted by atomic mass is 16.3. The lowest BCUT2D eigenvalue weighted by Crippen LogP contribution is -2.05. The second-order valence-electron chi connectivity index (χ2n) is 6.02. The van der Waals surface area contributed by atoms with Gasteiger partial charge in [0.15, 0.2) is 5.78 Å². The second-order valence-corrected chi connectivity index (χ2v) is 6.02. The third-order valence-electron chi connectivity index (χ3n) is 3.84. The van der Waals surface area contributed by atoms with Crippen molar-refractivity contribution >= 4 is 11.6 Å². The van der Waals surface area contributed by atoms with Crippen molar-refractivity contribution in [3.8, 4) is 5.75 Å². The van der Waals surface area contributed by atoms with Crippen LogP contribution in [-0.2, 0) is 11.2 Å². The van der Waals surface area contributed by atoms with Crippen LogP contribution in [-0.4, -0.2) is 16.7 Å². The molecule has 0 aliphatic carbocycles. The van der Waals surface area contributed by atoms with E-state index in [0.717, 1.165) is 18.4 Å². The number of phenolic OH excluding ortho intramolecular Hbond substituents is 1. The molecule has 0 aliphatic heterocycles. The number of carbonyl (C=O) groups is 2. The average molecular weight is 304 g/mol. The Hall–Kier alpha value is -1.64. The number of hydrogen-bond donors (Lipinski definition) is 1. The Labute approximate surface area is 133 Å². The summed E-state index contributed by atoms with van der Waals surface area (Å²) in [5.74, 6) is -0.511. The number of aromatic hydroxyl groups is 1. The minimum Gasteiger partial charge on any atom is -0.507 e. The number of ketones is 2. The summed E-state index contributed by atoms with van der Waals surface area (Å²) in [6.45, 7) is 3.60. The van der Waals surface area contributed by atoms with E-state index in [4.69, 9.17) is 0 Å². The first-order valence-corrected chi connectivity index (χ1v) is 8.39. The number of phenols is 1. The second kappa shape index (κ2) is 10.1. The summed E-state index contributed by atoms with van der Waals surface area (Å²) < 4.78 is 0. The standard InChI is InChI=1S/C19H28O3/c1-3-4-5-6-7-8-9-10-16-11-12-18(21)17(14-16)19(22)13-15(2)20/h11-12,14,21H,3-10,13H2,1-2H3. The van der Waals surface area contributed by atoms with E-state index in [2.05, 4.69) is 6.92 Å². The van der Waals surface area contributed by atoms with Crippen LogP contribution in [0.3, 0.4) is 0 Å². The fraction of sp³-hybridized carbons (Fsp3) is 0.579. The van der Waals surface area contributed by atoms with Crippen LogP contribution in [0.4, 0.5) is 0 Å². The molecule has 0 heterocycles. The molecule has 122 valence electrons. The van der Waals surface area contributed by atoms with Gasteiger partial charge in [0.1, 0.15) is 11.5 Å². The lowest BCUT2D eigenvalue weighted by atomic mass is 9.99. The number of aryl methyl sites for hydroxylation is 1. The first-order chi connectivity index (χ1) is 10.5. The molecule has 1 N–H and O–H groups in total. The highest BCUT2D eigenvalue weighted by Gasteiger charge is 2.13. The molecule has 1 rings (SSSR count). The van der Waals surface area contributed by atoms with Gasteiger partial charge in [-0.2, -0.15) is 0 Å². The summed E-state index contributed by atoms with van der Waals surface area (Å²) in [6.07, 6.45) is 9.52. The summed E-state index contributed by atoms with van der Waals surface area (Å²) in [5.41, 5.74) is 1.33. The Morgan fingerprint density at radius 2 is 1.64 bits per heavy atom. The van der Waals surface area contributed by atoms with Gasteiger partial charge in [-0.15, -0.1) is 0 Å². The fourth-order valence-electron chi connectivity index (χ4n) is 2.57. The Morgan fingerprint density at radius 1 is 1.00 bits per heavy atom. The van der Waals surface area contributed by atoms with Gasteiger partial charge >= 0.3 is 0 Å². The zero-order valence-electron chi connectivity index (χ0n) is 13.9. The highest BCUT2D eigenvalue weighted by molar-refractivity contribution is 6.08. The number of carbonyl (C=O) groups excluding carboxylic acids is 2. The minimum absolute atomic E-state index is 0.0328. The van der Waals surface area contributed by atoms with E-state index in [1.54, 1.807) is 12.1 Å². The molecule has 0 saturated heterocycles. The zero-order chi connectivity index (χ0) is 16.4. The molecule has 0 bridgehead atoms. The predicted octanol–water partition coefficient (Wildman–Crippen LogP) is 4.85. The largest absolute Gasteiger partial charge is 0.507 e. The SMILES string of the molecule is CCCCCCCCCc1ccc(O)c(C(=O)CC(C)=O)c1. The molecular weight excluding hydrogens is 276 g/mol. The Bertz CT molecular complexity index is 491. The van der Waals surface area contributed by atoms with Gasteiger partial charge in [-0.25, -0.2) is 0 Å². The van der Waals surface area contributed by atoms with Crippen molar-refractivity contribution in [1.29, 1.82) is 0 Å². The van der Waals surface area contributed by atoms with Crippen molar-refractivity contribution in [2.75, 3.05) is 0 Å². The van der Waals surface area contributed by atoms with E-state index in [1.165, 1.54) is 45.4 Å². The van der Waals surface area contributed by atoms with Crippen molar-refractivity contribution in [2.45, 2.75) is 71.6 Å². The van der Waals surface area contributed by atoms with Crippen LogP contribution in [0.15, 0.2) is 18.2 Å². The normalized spacial score (nSPS) is 10.6. The molecule has 3 heteroatoms. The average Bonchev–Trinajstić information content (AvgIpc) is 2.47. The molecule has 3 nitrogen and oxygen atoms in total. The van der Waals surface area contributed by atoms with Gasteiger partial charge in [-0.3, -0.25) is 9.59 Å². The number of unbranched alkanes of at least 4 members (excludes halogenated alkanes) is 6. The molecule has 1 aromatic rings. The van der Waals surface area contributed by atoms with Crippen molar-refractivity contribution in [1.82, 2.24) is 0 Å². The van der Waals surface area contributed by atoms with E-state index >= 15 is 0 Å². The molecule has 0 fully saturated rings. The molecule has 0 atom stereocenters. The maximum Gasteiger partial charge on any atom is 0.173 e. The predicted molar refractivity (Wildman–Crippen MR) is 89.4 cm³/mol. The summed E-state index contributed by atoms with van der Waals surface area (Å²) in [7, 11) is 0. The summed E-state index contributed by atoms with van der Waals surface area (Å²) >= 11 is 0. The first-order valence-electron chi connectivity index (χ1n) is 8.39. The van der Waals surface area contributed by atoms with E-state index < -0.39 is 0 Å². The van der Waals surface area contributed by atoms with Gasteiger partial charge in [0.05, 0.1) is 12.0 Å². The molecule has 1 aromatic carbocycles. The number of benzene rings is 1. The van der Waals surface area contributed by atoms with E-state index in [0.29, 0.717) is 0 Å². The smallest absolute Gasteiger partial charge is 0.173 e. The van der Waals surface area contributed by atoms with Gasteiger partial charge in [-0.05, 0) is 37.5 Å². The number of Topliss-reactive ketones (excluding diaryl/α,β-unsaturated/α-hetero) is 2. The molecule has 0 aromatic heterocycles. The third-order valence-corrected chi connectivity index (χ3v) is 3.84. The minimum atomic E-state index is -0.300. The lowest BCUT2D eigenvalue weighted by Gasteiger charge is -2.07. The van der Waals surface area contributed by atoms with Gasteiger partial charge in [-0.1, -0.05) is 51.5 Å². The maximum atomic E-state index is 11.9. The topological polar surface area (TPSA) is 54.4 Å². The summed E-state index contributed by atoms with van der Waals surface area (Å²) in [5, 5.41) is 9.78.